The van der Waals surface area contributed by atoms with E-state index in [9.17, 15) is 31.4 Å². The van der Waals surface area contributed by atoms with Crippen LogP contribution in [0.1, 0.15) is 17.5 Å². The molecule has 1 aromatic carbocycles. The van der Waals surface area contributed by atoms with Crippen molar-refractivity contribution in [2.24, 2.45) is 5.73 Å². The summed E-state index contributed by atoms with van der Waals surface area (Å²) in [7, 11) is 0. The first-order valence-electron chi connectivity index (χ1n) is 9.10. The van der Waals surface area contributed by atoms with E-state index in [0.717, 1.165) is 18.6 Å². The Morgan fingerprint density at radius 2 is 1.76 bits per heavy atom. The predicted octanol–water partition coefficient (Wildman–Crippen LogP) is 2.33. The summed E-state index contributed by atoms with van der Waals surface area (Å²) in [5.41, 5.74) is 3.17. The van der Waals surface area contributed by atoms with E-state index in [-0.39, 0.29) is 17.7 Å². The zero-order valence-electron chi connectivity index (χ0n) is 15.5. The number of rotatable bonds is 9. The summed E-state index contributed by atoms with van der Waals surface area (Å²) in [4.78, 5) is 0. The zero-order valence-corrected chi connectivity index (χ0v) is 15.5. The number of para-hydroxylation sites is 1. The maximum absolute atomic E-state index is 13.3. The van der Waals surface area contributed by atoms with Crippen LogP contribution in [-0.2, 0) is 6.18 Å². The molecule has 0 saturated carbocycles. The van der Waals surface area contributed by atoms with Gasteiger partial charge in [-0.25, -0.2) is 0 Å². The second-order valence-corrected chi connectivity index (χ2v) is 6.62. The molecule has 1 aliphatic heterocycles. The molecule has 0 spiro atoms. The van der Waals surface area contributed by atoms with Crippen LogP contribution in [0.4, 0.5) is 32.0 Å². The van der Waals surface area contributed by atoms with Crippen molar-refractivity contribution in [1.82, 2.24) is 10.6 Å². The molecule has 1 aromatic rings. The molecule has 1 aliphatic rings. The van der Waals surface area contributed by atoms with Gasteiger partial charge in [-0.2, -0.15) is 26.3 Å². The van der Waals surface area contributed by atoms with Crippen molar-refractivity contribution >= 4 is 11.3 Å². The fourth-order valence-corrected chi connectivity index (χ4v) is 3.00. The molecule has 5 nitrogen and oxygen atoms in total. The maximum atomic E-state index is 13.3. The molecule has 6 N–H and O–H groups in total. The number of halogens is 6. The van der Waals surface area contributed by atoms with E-state index >= 15 is 0 Å². The van der Waals surface area contributed by atoms with Crippen LogP contribution in [0.5, 0.6) is 0 Å². The number of fused-ring (bicyclic) bond motifs is 1. The monoisotopic (exact) mass is 426 g/mol. The van der Waals surface area contributed by atoms with Gasteiger partial charge in [-0.1, -0.05) is 12.1 Å². The van der Waals surface area contributed by atoms with Gasteiger partial charge < -0.3 is 26.8 Å². The Morgan fingerprint density at radius 3 is 2.38 bits per heavy atom. The molecule has 0 radical (unpaired) electrons. The average molecular weight is 426 g/mol. The number of hydrogen-bond acceptors (Lipinski definition) is 5. The van der Waals surface area contributed by atoms with Gasteiger partial charge in [0.1, 0.15) is 6.04 Å². The van der Waals surface area contributed by atoms with Crippen molar-refractivity contribution in [2.75, 3.05) is 38.0 Å². The van der Waals surface area contributed by atoms with Gasteiger partial charge in [-0.15, -0.1) is 0 Å². The molecule has 29 heavy (non-hydrogen) atoms. The highest BCUT2D eigenvalue weighted by atomic mass is 19.4. The van der Waals surface area contributed by atoms with Crippen LogP contribution in [0, 0.1) is 0 Å². The molecule has 11 heteroatoms. The minimum atomic E-state index is -4.84. The van der Waals surface area contributed by atoms with Crippen molar-refractivity contribution in [3.63, 3.8) is 0 Å². The third kappa shape index (κ3) is 6.33. The second-order valence-electron chi connectivity index (χ2n) is 6.62. The lowest BCUT2D eigenvalue weighted by Gasteiger charge is -2.31. The molecule has 0 saturated heterocycles. The Balaban J connectivity index is 2.18. The lowest BCUT2D eigenvalue weighted by molar-refractivity contribution is -0.139. The Morgan fingerprint density at radius 1 is 1.07 bits per heavy atom. The van der Waals surface area contributed by atoms with Crippen LogP contribution in [-0.4, -0.2) is 56.2 Å². The van der Waals surface area contributed by atoms with Crippen molar-refractivity contribution < 1.29 is 31.4 Å². The summed E-state index contributed by atoms with van der Waals surface area (Å²) in [5.74, 6) is 0. The minimum absolute atomic E-state index is 0.101. The Hall–Kier alpha value is -1.82. The van der Waals surface area contributed by atoms with Gasteiger partial charge in [0.2, 0.25) is 0 Å². The first-order valence-corrected chi connectivity index (χ1v) is 9.10. The molecule has 0 aromatic heterocycles. The van der Waals surface area contributed by atoms with Crippen molar-refractivity contribution in [3.05, 3.63) is 35.4 Å². The molecule has 1 heterocycles. The molecular formula is C18H24F6N4O. The Kier molecular flexibility index (Phi) is 7.92. The van der Waals surface area contributed by atoms with Crippen LogP contribution in [0.3, 0.4) is 0 Å². The number of aliphatic hydroxyl groups is 1. The van der Waals surface area contributed by atoms with Gasteiger partial charge in [0.05, 0.1) is 17.4 Å². The molecule has 0 bridgehead atoms. The van der Waals surface area contributed by atoms with Gasteiger partial charge in [0.25, 0.3) is 0 Å². The molecule has 2 rings (SSSR count). The topological polar surface area (TPSA) is 82.3 Å². The summed E-state index contributed by atoms with van der Waals surface area (Å²) in [5, 5.41) is 18.3. The lowest BCUT2D eigenvalue weighted by Crippen LogP contribution is -2.40. The first kappa shape index (κ1) is 23.5. The van der Waals surface area contributed by atoms with Crippen LogP contribution in [0.15, 0.2) is 24.3 Å². The fraction of sp³-hybridized carbons (Fsp3) is 0.556. The van der Waals surface area contributed by atoms with E-state index in [1.807, 2.05) is 5.32 Å². The minimum Gasteiger partial charge on any atom is -0.387 e. The van der Waals surface area contributed by atoms with E-state index < -0.39 is 35.7 Å². The normalized spacial score (nSPS) is 18.1. The highest BCUT2D eigenvalue weighted by molar-refractivity contribution is 5.84. The average Bonchev–Trinajstić information content (AvgIpc) is 2.64. The van der Waals surface area contributed by atoms with Gasteiger partial charge in [0.15, 0.2) is 0 Å². The van der Waals surface area contributed by atoms with E-state index in [1.165, 1.54) is 6.07 Å². The SMILES string of the molecule is NCCCNCCNCC(O)C1=CC(C(F)(F)F)Nc2c1cccc2C(F)(F)F. The van der Waals surface area contributed by atoms with Crippen LogP contribution in [0.2, 0.25) is 0 Å². The van der Waals surface area contributed by atoms with Gasteiger partial charge in [0, 0.05) is 25.2 Å². The molecule has 0 fully saturated rings. The van der Waals surface area contributed by atoms with Crippen molar-refractivity contribution in [3.8, 4) is 0 Å². The predicted molar refractivity (Wildman–Crippen MR) is 98.3 cm³/mol. The standard InChI is InChI=1S/C18H24F6N4O/c19-17(20,21)13-4-1-3-11-12(9-15(18(22,23)24)28-16(11)13)14(29)10-27-8-7-26-6-2-5-25/h1,3-4,9,14-15,26-29H,2,5-8,10,25H2. The molecule has 0 amide bonds. The number of benzene rings is 1. The zero-order chi connectivity index (χ0) is 21.7. The lowest BCUT2D eigenvalue weighted by atomic mass is 9.90. The van der Waals surface area contributed by atoms with E-state index in [0.29, 0.717) is 32.2 Å². The largest absolute Gasteiger partial charge is 0.418 e. The molecule has 2 atom stereocenters. The highest BCUT2D eigenvalue weighted by Crippen LogP contribution is 2.43. The molecule has 2 unspecified atom stereocenters. The third-order valence-corrected chi connectivity index (χ3v) is 4.41. The summed E-state index contributed by atoms with van der Waals surface area (Å²) in [6.07, 6.45) is -9.54. The number of hydrogen-bond donors (Lipinski definition) is 5. The summed E-state index contributed by atoms with van der Waals surface area (Å²) >= 11 is 0. The number of aliphatic hydroxyl groups excluding tert-OH is 1. The third-order valence-electron chi connectivity index (χ3n) is 4.41. The smallest absolute Gasteiger partial charge is 0.387 e. The number of alkyl halides is 6. The van der Waals surface area contributed by atoms with Gasteiger partial charge in [-0.3, -0.25) is 0 Å². The van der Waals surface area contributed by atoms with Crippen molar-refractivity contribution in [2.45, 2.75) is 30.9 Å². The fourth-order valence-electron chi connectivity index (χ4n) is 3.00. The van der Waals surface area contributed by atoms with Crippen molar-refractivity contribution in [1.29, 1.82) is 0 Å². The van der Waals surface area contributed by atoms with Crippen LogP contribution in [0.25, 0.3) is 5.57 Å². The highest BCUT2D eigenvalue weighted by Gasteiger charge is 2.44. The van der Waals surface area contributed by atoms with Crippen LogP contribution < -0.4 is 21.7 Å². The maximum Gasteiger partial charge on any atom is 0.418 e. The Labute approximate surface area is 164 Å². The second kappa shape index (κ2) is 9.79. The Bertz CT molecular complexity index is 705. The summed E-state index contributed by atoms with van der Waals surface area (Å²) in [6.45, 7) is 2.11. The van der Waals surface area contributed by atoms with Gasteiger partial charge in [-0.05, 0) is 37.2 Å². The number of anilines is 1. The quantitative estimate of drug-likeness (QED) is 0.309. The summed E-state index contributed by atoms with van der Waals surface area (Å²) in [6, 6.07) is 0.737. The van der Waals surface area contributed by atoms with E-state index in [4.69, 9.17) is 5.73 Å². The number of nitrogens with one attached hydrogen (secondary N) is 3. The van der Waals surface area contributed by atoms with E-state index in [1.54, 1.807) is 0 Å². The molecule has 0 aliphatic carbocycles. The molecule has 164 valence electrons. The first-order chi connectivity index (χ1) is 13.6. The van der Waals surface area contributed by atoms with Crippen LogP contribution >= 0.6 is 0 Å². The van der Waals surface area contributed by atoms with E-state index in [2.05, 4.69) is 10.6 Å². The molecular weight excluding hydrogens is 402 g/mol. The number of nitrogens with two attached hydrogens (primary N) is 1. The summed E-state index contributed by atoms with van der Waals surface area (Å²) < 4.78 is 79.6. The van der Waals surface area contributed by atoms with Gasteiger partial charge >= 0.3 is 12.4 Å².